The second kappa shape index (κ2) is 6.65. The topological polar surface area (TPSA) is 59.5 Å². The Kier molecular flexibility index (Phi) is 5.06. The van der Waals surface area contributed by atoms with Crippen molar-refractivity contribution in [2.45, 2.75) is 51.7 Å². The largest absolute Gasteiger partial charge is 0.444 e. The predicted octanol–water partition coefficient (Wildman–Crippen LogP) is 3.25. The van der Waals surface area contributed by atoms with Crippen molar-refractivity contribution >= 4 is 23.5 Å². The first kappa shape index (κ1) is 16.7. The van der Waals surface area contributed by atoms with Crippen molar-refractivity contribution in [3.8, 4) is 0 Å². The second-order valence-corrected chi connectivity index (χ2v) is 6.84. The highest BCUT2D eigenvalue weighted by Gasteiger charge is 2.35. The first-order valence-electron chi connectivity index (χ1n) is 7.39. The van der Waals surface area contributed by atoms with Gasteiger partial charge >= 0.3 is 6.09 Å². The summed E-state index contributed by atoms with van der Waals surface area (Å²) in [6.07, 6.45) is 2.80. The van der Waals surface area contributed by atoms with Crippen LogP contribution < -0.4 is 0 Å². The van der Waals surface area contributed by atoms with Crippen LogP contribution in [0.15, 0.2) is 18.3 Å². The number of hydrogen-bond acceptors (Lipinski definition) is 4. The van der Waals surface area contributed by atoms with Gasteiger partial charge in [0.2, 0.25) is 0 Å². The van der Waals surface area contributed by atoms with Gasteiger partial charge in [0.05, 0.1) is 6.04 Å². The molecule has 1 aromatic rings. The summed E-state index contributed by atoms with van der Waals surface area (Å²) >= 11 is 5.77. The molecule has 0 radical (unpaired) electrons. The first-order chi connectivity index (χ1) is 10.3. The highest BCUT2D eigenvalue weighted by atomic mass is 35.5. The third kappa shape index (κ3) is 4.44. The molecule has 0 aromatic carbocycles. The van der Waals surface area contributed by atoms with Crippen molar-refractivity contribution in [2.24, 2.45) is 0 Å². The number of ether oxygens (including phenoxy) is 1. The molecule has 0 saturated carbocycles. The molecule has 0 N–H and O–H groups in total. The molecular weight excluding hydrogens is 304 g/mol. The third-order valence-corrected chi connectivity index (χ3v) is 3.64. The normalized spacial score (nSPS) is 19.2. The summed E-state index contributed by atoms with van der Waals surface area (Å²) in [5, 5.41) is 0.405. The van der Waals surface area contributed by atoms with E-state index >= 15 is 0 Å². The minimum absolute atomic E-state index is 0.0621. The van der Waals surface area contributed by atoms with E-state index in [2.05, 4.69) is 4.98 Å². The zero-order valence-corrected chi connectivity index (χ0v) is 13.9. The molecule has 1 saturated heterocycles. The van der Waals surface area contributed by atoms with Crippen LogP contribution in [0.1, 0.15) is 39.2 Å². The fourth-order valence-electron chi connectivity index (χ4n) is 2.43. The summed E-state index contributed by atoms with van der Waals surface area (Å²) < 4.78 is 5.41. The zero-order chi connectivity index (χ0) is 16.3. The Morgan fingerprint density at radius 3 is 2.77 bits per heavy atom. The van der Waals surface area contributed by atoms with E-state index in [0.29, 0.717) is 31.0 Å². The van der Waals surface area contributed by atoms with Crippen LogP contribution in [0.2, 0.25) is 5.15 Å². The summed E-state index contributed by atoms with van der Waals surface area (Å²) in [5.41, 5.74) is 0.294. The smallest absolute Gasteiger partial charge is 0.410 e. The molecule has 22 heavy (non-hydrogen) atoms. The lowest BCUT2D eigenvalue weighted by molar-refractivity contribution is -0.126. The molecular formula is C16H21ClN2O3. The predicted molar refractivity (Wildman–Crippen MR) is 83.9 cm³/mol. The van der Waals surface area contributed by atoms with Crippen LogP contribution in [0.25, 0.3) is 0 Å². The summed E-state index contributed by atoms with van der Waals surface area (Å²) in [6, 6.07) is 3.01. The molecule has 6 heteroatoms. The molecule has 1 aromatic heterocycles. The fraction of sp³-hybridized carbons (Fsp3) is 0.562. The van der Waals surface area contributed by atoms with Crippen molar-refractivity contribution in [1.29, 1.82) is 0 Å². The first-order valence-corrected chi connectivity index (χ1v) is 7.77. The molecule has 2 heterocycles. The van der Waals surface area contributed by atoms with Crippen LogP contribution in [0, 0.1) is 0 Å². The Morgan fingerprint density at radius 2 is 2.18 bits per heavy atom. The van der Waals surface area contributed by atoms with Crippen LogP contribution in [0.4, 0.5) is 4.79 Å². The van der Waals surface area contributed by atoms with Crippen LogP contribution in [-0.4, -0.2) is 39.9 Å². The Morgan fingerprint density at radius 1 is 1.45 bits per heavy atom. The molecule has 1 amide bonds. The molecule has 0 spiro atoms. The van der Waals surface area contributed by atoms with Gasteiger partial charge in [0, 0.05) is 25.6 Å². The molecule has 0 bridgehead atoms. The van der Waals surface area contributed by atoms with E-state index in [1.54, 1.807) is 12.3 Å². The lowest BCUT2D eigenvalue weighted by Gasteiger charge is -2.35. The Bertz CT molecular complexity index is 552. The molecule has 0 aliphatic carbocycles. The molecule has 120 valence electrons. The quantitative estimate of drug-likeness (QED) is 0.783. The van der Waals surface area contributed by atoms with Gasteiger partial charge in [-0.3, -0.25) is 9.69 Å². The van der Waals surface area contributed by atoms with Gasteiger partial charge in [-0.2, -0.15) is 0 Å². The summed E-state index contributed by atoms with van der Waals surface area (Å²) in [4.78, 5) is 30.1. The number of amides is 1. The van der Waals surface area contributed by atoms with Crippen molar-refractivity contribution in [2.75, 3.05) is 6.54 Å². The minimum atomic E-state index is -0.579. The fourth-order valence-corrected chi connectivity index (χ4v) is 2.55. The number of pyridine rings is 1. The number of carbonyl (C=O) groups is 2. The van der Waals surface area contributed by atoms with E-state index in [1.165, 1.54) is 4.90 Å². The van der Waals surface area contributed by atoms with Gasteiger partial charge in [-0.05, 0) is 38.8 Å². The van der Waals surface area contributed by atoms with Crippen molar-refractivity contribution in [3.05, 3.63) is 29.0 Å². The maximum absolute atomic E-state index is 12.3. The van der Waals surface area contributed by atoms with Crippen molar-refractivity contribution in [3.63, 3.8) is 0 Å². The molecule has 2 rings (SSSR count). The highest BCUT2D eigenvalue weighted by Crippen LogP contribution is 2.21. The van der Waals surface area contributed by atoms with Crippen molar-refractivity contribution in [1.82, 2.24) is 9.88 Å². The van der Waals surface area contributed by atoms with Crippen LogP contribution in [0.3, 0.4) is 0 Å². The van der Waals surface area contributed by atoms with E-state index in [-0.39, 0.29) is 5.78 Å². The van der Waals surface area contributed by atoms with Gasteiger partial charge < -0.3 is 4.74 Å². The van der Waals surface area contributed by atoms with E-state index < -0.39 is 17.7 Å². The number of halogens is 1. The van der Waals surface area contributed by atoms with Gasteiger partial charge in [0.1, 0.15) is 10.8 Å². The Labute approximate surface area is 135 Å². The number of carbonyl (C=O) groups excluding carboxylic acids is 2. The number of Topliss-reactive ketones (excluding diaryl/α,β-unsaturated/α-hetero) is 1. The Hall–Kier alpha value is -1.62. The molecule has 1 aliphatic heterocycles. The molecule has 1 atom stereocenters. The lowest BCUT2D eigenvalue weighted by Crippen LogP contribution is -2.51. The maximum Gasteiger partial charge on any atom is 0.410 e. The van der Waals surface area contributed by atoms with Gasteiger partial charge in [-0.25, -0.2) is 9.78 Å². The van der Waals surface area contributed by atoms with Gasteiger partial charge in [-0.15, -0.1) is 0 Å². The molecule has 5 nitrogen and oxygen atoms in total. The van der Waals surface area contributed by atoms with Gasteiger partial charge in [0.15, 0.2) is 5.78 Å². The second-order valence-electron chi connectivity index (χ2n) is 6.45. The number of likely N-dealkylation sites (tertiary alicyclic amines) is 1. The average molecular weight is 325 g/mol. The number of piperidine rings is 1. The van der Waals surface area contributed by atoms with Gasteiger partial charge in [0.25, 0.3) is 0 Å². The van der Waals surface area contributed by atoms with Gasteiger partial charge in [-0.1, -0.05) is 17.7 Å². The lowest BCUT2D eigenvalue weighted by atomic mass is 9.95. The number of rotatable bonds is 2. The number of nitrogens with zero attached hydrogens (tertiary/aromatic N) is 2. The molecule has 1 fully saturated rings. The standard InChI is InChI=1S/C16H21ClN2O3/c1-16(2,3)22-15(21)19-8-4-5-13(20)12(19)9-11-6-7-14(17)18-10-11/h6-7,10,12H,4-5,8-9H2,1-3H3. The van der Waals surface area contributed by atoms with E-state index in [0.717, 1.165) is 5.56 Å². The Balaban J connectivity index is 2.14. The molecule has 1 unspecified atom stereocenters. The highest BCUT2D eigenvalue weighted by molar-refractivity contribution is 6.29. The minimum Gasteiger partial charge on any atom is -0.444 e. The van der Waals surface area contributed by atoms with E-state index in [1.807, 2.05) is 26.8 Å². The number of aromatic nitrogens is 1. The van der Waals surface area contributed by atoms with E-state index in [9.17, 15) is 9.59 Å². The summed E-state index contributed by atoms with van der Waals surface area (Å²) in [5.74, 6) is 0.0621. The van der Waals surface area contributed by atoms with Crippen LogP contribution in [-0.2, 0) is 16.0 Å². The molecule has 1 aliphatic rings. The van der Waals surface area contributed by atoms with Crippen LogP contribution >= 0.6 is 11.6 Å². The SMILES string of the molecule is CC(C)(C)OC(=O)N1CCCC(=O)C1Cc1ccc(Cl)nc1. The van der Waals surface area contributed by atoms with E-state index in [4.69, 9.17) is 16.3 Å². The average Bonchev–Trinajstić information content (AvgIpc) is 2.41. The number of ketones is 1. The third-order valence-electron chi connectivity index (χ3n) is 3.42. The van der Waals surface area contributed by atoms with Crippen molar-refractivity contribution < 1.29 is 14.3 Å². The number of hydrogen-bond donors (Lipinski definition) is 0. The van der Waals surface area contributed by atoms with Crippen LogP contribution in [0.5, 0.6) is 0 Å². The maximum atomic E-state index is 12.3. The summed E-state index contributed by atoms with van der Waals surface area (Å²) in [6.45, 7) is 5.98. The zero-order valence-electron chi connectivity index (χ0n) is 13.1. The summed E-state index contributed by atoms with van der Waals surface area (Å²) in [7, 11) is 0. The monoisotopic (exact) mass is 324 g/mol.